The van der Waals surface area contributed by atoms with Gasteiger partial charge in [0.1, 0.15) is 11.5 Å². The molecule has 0 saturated heterocycles. The van der Waals surface area contributed by atoms with Crippen molar-refractivity contribution < 1.29 is 9.26 Å². The maximum Gasteiger partial charge on any atom is 0.150 e. The zero-order chi connectivity index (χ0) is 11.9. The van der Waals surface area contributed by atoms with Crippen molar-refractivity contribution in [2.75, 3.05) is 13.7 Å². The molecule has 0 spiro atoms. The fraction of sp³-hybridized carbons (Fsp3) is 0.308. The second-order valence-electron chi connectivity index (χ2n) is 3.75. The van der Waals surface area contributed by atoms with Crippen LogP contribution in [-0.2, 0) is 13.0 Å². The van der Waals surface area contributed by atoms with Gasteiger partial charge in [0.25, 0.3) is 0 Å². The van der Waals surface area contributed by atoms with Crippen molar-refractivity contribution in [2.24, 2.45) is 0 Å². The van der Waals surface area contributed by atoms with Crippen molar-refractivity contribution in [2.45, 2.75) is 13.0 Å². The van der Waals surface area contributed by atoms with Crippen molar-refractivity contribution in [3.05, 3.63) is 47.9 Å². The molecule has 1 aromatic heterocycles. The fourth-order valence-corrected chi connectivity index (χ4v) is 1.57. The second-order valence-corrected chi connectivity index (χ2v) is 3.75. The highest BCUT2D eigenvalue weighted by Crippen LogP contribution is 2.11. The van der Waals surface area contributed by atoms with Gasteiger partial charge in [-0.25, -0.2) is 0 Å². The normalized spacial score (nSPS) is 10.4. The van der Waals surface area contributed by atoms with Crippen LogP contribution in [0.3, 0.4) is 0 Å². The van der Waals surface area contributed by atoms with Crippen molar-refractivity contribution in [3.8, 4) is 5.75 Å². The van der Waals surface area contributed by atoms with E-state index in [2.05, 4.69) is 22.6 Å². The van der Waals surface area contributed by atoms with Gasteiger partial charge in [0.05, 0.1) is 19.9 Å². The molecule has 1 aromatic carbocycles. The average molecular weight is 232 g/mol. The Bertz CT molecular complexity index is 423. The molecule has 2 aromatic rings. The molecule has 0 aliphatic rings. The summed E-state index contributed by atoms with van der Waals surface area (Å²) >= 11 is 0. The quantitative estimate of drug-likeness (QED) is 0.774. The molecule has 0 bridgehead atoms. The SMILES string of the molecule is COc1ccc(CCNCc2ccno2)cc1. The van der Waals surface area contributed by atoms with E-state index in [1.807, 2.05) is 18.2 Å². The highest BCUT2D eigenvalue weighted by Gasteiger charge is 1.97. The van der Waals surface area contributed by atoms with Gasteiger partial charge in [-0.05, 0) is 30.7 Å². The molecular formula is C13H16N2O2. The van der Waals surface area contributed by atoms with E-state index in [0.29, 0.717) is 0 Å². The first-order valence-electron chi connectivity index (χ1n) is 5.61. The standard InChI is InChI=1S/C13H16N2O2/c1-16-12-4-2-11(3-5-12)6-8-14-10-13-7-9-15-17-13/h2-5,7,9,14H,6,8,10H2,1H3. The molecule has 0 radical (unpaired) electrons. The summed E-state index contributed by atoms with van der Waals surface area (Å²) in [6.07, 6.45) is 2.64. The molecule has 1 N–H and O–H groups in total. The lowest BCUT2D eigenvalue weighted by molar-refractivity contribution is 0.373. The fourth-order valence-electron chi connectivity index (χ4n) is 1.57. The molecule has 17 heavy (non-hydrogen) atoms. The maximum atomic E-state index is 5.11. The van der Waals surface area contributed by atoms with E-state index in [4.69, 9.17) is 9.26 Å². The Morgan fingerprint density at radius 1 is 1.24 bits per heavy atom. The topological polar surface area (TPSA) is 47.3 Å². The summed E-state index contributed by atoms with van der Waals surface area (Å²) in [5.41, 5.74) is 1.29. The molecular weight excluding hydrogens is 216 g/mol. The van der Waals surface area contributed by atoms with Crippen LogP contribution < -0.4 is 10.1 Å². The van der Waals surface area contributed by atoms with Crippen LogP contribution in [0.4, 0.5) is 0 Å². The smallest absolute Gasteiger partial charge is 0.150 e. The van der Waals surface area contributed by atoms with E-state index in [1.54, 1.807) is 13.3 Å². The predicted octanol–water partition coefficient (Wildman–Crippen LogP) is 2.02. The van der Waals surface area contributed by atoms with Gasteiger partial charge in [-0.15, -0.1) is 0 Å². The Balaban J connectivity index is 1.70. The monoisotopic (exact) mass is 232 g/mol. The first kappa shape index (κ1) is 11.7. The second kappa shape index (κ2) is 6.06. The molecule has 90 valence electrons. The number of benzene rings is 1. The molecule has 1 heterocycles. The van der Waals surface area contributed by atoms with E-state index in [1.165, 1.54) is 5.56 Å². The zero-order valence-electron chi connectivity index (χ0n) is 9.85. The molecule has 4 heteroatoms. The third kappa shape index (κ3) is 3.60. The van der Waals surface area contributed by atoms with E-state index >= 15 is 0 Å². The van der Waals surface area contributed by atoms with Crippen molar-refractivity contribution in [1.82, 2.24) is 10.5 Å². The zero-order valence-corrected chi connectivity index (χ0v) is 9.85. The molecule has 0 amide bonds. The lowest BCUT2D eigenvalue weighted by atomic mass is 10.1. The van der Waals surface area contributed by atoms with Gasteiger partial charge in [-0.2, -0.15) is 0 Å². The summed E-state index contributed by atoms with van der Waals surface area (Å²) in [6.45, 7) is 1.63. The minimum atomic E-state index is 0.718. The molecule has 0 aliphatic heterocycles. The molecule has 4 nitrogen and oxygen atoms in total. The van der Waals surface area contributed by atoms with Crippen LogP contribution in [0.15, 0.2) is 41.1 Å². The number of aromatic nitrogens is 1. The van der Waals surface area contributed by atoms with E-state index in [-0.39, 0.29) is 0 Å². The van der Waals surface area contributed by atoms with Crippen molar-refractivity contribution in [3.63, 3.8) is 0 Å². The third-order valence-electron chi connectivity index (χ3n) is 2.54. The number of rotatable bonds is 6. The maximum absolute atomic E-state index is 5.11. The van der Waals surface area contributed by atoms with Crippen LogP contribution in [0.1, 0.15) is 11.3 Å². The molecule has 0 atom stereocenters. The summed E-state index contributed by atoms with van der Waals surface area (Å²) < 4.78 is 10.1. The summed E-state index contributed by atoms with van der Waals surface area (Å²) in [5.74, 6) is 1.75. The van der Waals surface area contributed by atoms with Gasteiger partial charge in [-0.1, -0.05) is 17.3 Å². The molecule has 2 rings (SSSR count). The van der Waals surface area contributed by atoms with E-state index in [0.717, 1.165) is 31.0 Å². The number of methoxy groups -OCH3 is 1. The molecule has 0 saturated carbocycles. The van der Waals surface area contributed by atoms with Gasteiger partial charge in [-0.3, -0.25) is 0 Å². The summed E-state index contributed by atoms with van der Waals surface area (Å²) in [4.78, 5) is 0. The van der Waals surface area contributed by atoms with Crippen LogP contribution in [0.2, 0.25) is 0 Å². The number of hydrogen-bond acceptors (Lipinski definition) is 4. The molecule has 0 unspecified atom stereocenters. The van der Waals surface area contributed by atoms with E-state index in [9.17, 15) is 0 Å². The van der Waals surface area contributed by atoms with Crippen LogP contribution in [0.5, 0.6) is 5.75 Å². The summed E-state index contributed by atoms with van der Waals surface area (Å²) in [6, 6.07) is 9.97. The largest absolute Gasteiger partial charge is 0.497 e. The van der Waals surface area contributed by atoms with Gasteiger partial charge >= 0.3 is 0 Å². The van der Waals surface area contributed by atoms with Crippen LogP contribution in [0.25, 0.3) is 0 Å². The summed E-state index contributed by atoms with van der Waals surface area (Å²) in [7, 11) is 1.67. The van der Waals surface area contributed by atoms with Crippen LogP contribution in [0, 0.1) is 0 Å². The number of nitrogens with one attached hydrogen (secondary N) is 1. The molecule has 0 aliphatic carbocycles. The van der Waals surface area contributed by atoms with Gasteiger partial charge in [0.15, 0.2) is 0 Å². The van der Waals surface area contributed by atoms with Gasteiger partial charge in [0, 0.05) is 6.07 Å². The Morgan fingerprint density at radius 2 is 2.06 bits per heavy atom. The Morgan fingerprint density at radius 3 is 2.71 bits per heavy atom. The van der Waals surface area contributed by atoms with E-state index < -0.39 is 0 Å². The number of ether oxygens (including phenoxy) is 1. The van der Waals surface area contributed by atoms with Crippen molar-refractivity contribution in [1.29, 1.82) is 0 Å². The average Bonchev–Trinajstić information content (AvgIpc) is 2.88. The van der Waals surface area contributed by atoms with Gasteiger partial charge < -0.3 is 14.6 Å². The van der Waals surface area contributed by atoms with Crippen LogP contribution >= 0.6 is 0 Å². The highest BCUT2D eigenvalue weighted by molar-refractivity contribution is 5.27. The first-order valence-corrected chi connectivity index (χ1v) is 5.61. The third-order valence-corrected chi connectivity index (χ3v) is 2.54. The van der Waals surface area contributed by atoms with Crippen molar-refractivity contribution >= 4 is 0 Å². The number of nitrogens with zero attached hydrogens (tertiary/aromatic N) is 1. The predicted molar refractivity (Wildman–Crippen MR) is 64.9 cm³/mol. The Labute approximate surface area is 101 Å². The minimum Gasteiger partial charge on any atom is -0.497 e. The Kier molecular flexibility index (Phi) is 4.16. The van der Waals surface area contributed by atoms with Crippen LogP contribution in [-0.4, -0.2) is 18.8 Å². The highest BCUT2D eigenvalue weighted by atomic mass is 16.5. The van der Waals surface area contributed by atoms with Gasteiger partial charge in [0.2, 0.25) is 0 Å². The lowest BCUT2D eigenvalue weighted by Gasteiger charge is -2.04. The first-order chi connectivity index (χ1) is 8.38. The molecule has 0 fully saturated rings. The minimum absolute atomic E-state index is 0.718. The lowest BCUT2D eigenvalue weighted by Crippen LogP contribution is -2.16. The number of hydrogen-bond donors (Lipinski definition) is 1. The Hall–Kier alpha value is -1.81. The summed E-state index contributed by atoms with van der Waals surface area (Å²) in [5, 5.41) is 6.95.